The molecule has 2 heterocycles. The Balaban J connectivity index is 1.79. The molecule has 0 aromatic heterocycles. The minimum absolute atomic E-state index is 0.182. The minimum Gasteiger partial charge on any atom is -0.294 e. The average molecular weight is 237 g/mol. The van der Waals surface area contributed by atoms with Crippen molar-refractivity contribution in [2.75, 3.05) is 6.54 Å². The standard InChI is InChI=1S/C15H16BNO/c1-16-6-4-12-3-2-11(8-14(12)16)9-15(18)13-5-7-17-10-13/h2-3,5,8,10H,4,6-7,9H2,1H3. The van der Waals surface area contributed by atoms with Crippen LogP contribution in [0.1, 0.15) is 11.1 Å². The zero-order valence-electron chi connectivity index (χ0n) is 10.6. The summed E-state index contributed by atoms with van der Waals surface area (Å²) in [5.74, 6) is 0.182. The highest BCUT2D eigenvalue weighted by molar-refractivity contribution is 6.73. The molecule has 0 amide bonds. The topological polar surface area (TPSA) is 29.4 Å². The number of Topliss-reactive ketones (excluding diaryl/α,β-unsaturated/α-hetero) is 1. The van der Waals surface area contributed by atoms with Crippen LogP contribution >= 0.6 is 0 Å². The summed E-state index contributed by atoms with van der Waals surface area (Å²) in [5, 5.41) is 0. The third kappa shape index (κ3) is 2.05. The quantitative estimate of drug-likeness (QED) is 0.735. The van der Waals surface area contributed by atoms with Crippen LogP contribution in [0.2, 0.25) is 13.1 Å². The molecule has 2 nitrogen and oxygen atoms in total. The summed E-state index contributed by atoms with van der Waals surface area (Å²) >= 11 is 0. The van der Waals surface area contributed by atoms with Gasteiger partial charge in [-0.2, -0.15) is 0 Å². The van der Waals surface area contributed by atoms with Crippen molar-refractivity contribution < 1.29 is 4.79 Å². The van der Waals surface area contributed by atoms with Crippen molar-refractivity contribution in [1.29, 1.82) is 0 Å². The maximum absolute atomic E-state index is 12.0. The molecule has 1 aromatic rings. The fraction of sp³-hybridized carbons (Fsp3) is 0.333. The Hall–Kier alpha value is -1.64. The number of ketones is 1. The van der Waals surface area contributed by atoms with E-state index in [9.17, 15) is 4.79 Å². The number of hydrogen-bond acceptors (Lipinski definition) is 2. The fourth-order valence-electron chi connectivity index (χ4n) is 2.80. The molecule has 0 bridgehead atoms. The summed E-state index contributed by atoms with van der Waals surface area (Å²) in [6, 6.07) is 6.51. The first-order valence-corrected chi connectivity index (χ1v) is 6.59. The van der Waals surface area contributed by atoms with Crippen LogP contribution in [-0.4, -0.2) is 25.3 Å². The molecule has 0 saturated heterocycles. The summed E-state index contributed by atoms with van der Waals surface area (Å²) in [6.07, 6.45) is 6.52. The molecule has 18 heavy (non-hydrogen) atoms. The third-order valence-corrected chi connectivity index (χ3v) is 3.92. The van der Waals surface area contributed by atoms with Gasteiger partial charge >= 0.3 is 0 Å². The molecule has 2 aliphatic rings. The number of hydrogen-bond donors (Lipinski definition) is 0. The van der Waals surface area contributed by atoms with Gasteiger partial charge in [0.1, 0.15) is 0 Å². The van der Waals surface area contributed by atoms with Gasteiger partial charge in [-0.15, -0.1) is 0 Å². The minimum atomic E-state index is 0.182. The van der Waals surface area contributed by atoms with Crippen LogP contribution in [-0.2, 0) is 17.6 Å². The van der Waals surface area contributed by atoms with Crippen LogP contribution in [0.3, 0.4) is 0 Å². The number of fused-ring (bicyclic) bond motifs is 1. The van der Waals surface area contributed by atoms with E-state index in [0.717, 1.165) is 11.1 Å². The van der Waals surface area contributed by atoms with Crippen molar-refractivity contribution in [3.63, 3.8) is 0 Å². The molecule has 0 saturated carbocycles. The normalized spacial score (nSPS) is 16.9. The maximum Gasteiger partial charge on any atom is 0.173 e. The number of allylic oxidation sites excluding steroid dienone is 1. The highest BCUT2D eigenvalue weighted by Crippen LogP contribution is 2.16. The Morgan fingerprint density at radius 3 is 3.11 bits per heavy atom. The van der Waals surface area contributed by atoms with E-state index in [1.165, 1.54) is 23.8 Å². The molecule has 0 atom stereocenters. The number of nitrogens with zero attached hydrogens (tertiary/aromatic N) is 1. The smallest absolute Gasteiger partial charge is 0.173 e. The van der Waals surface area contributed by atoms with E-state index in [4.69, 9.17) is 0 Å². The van der Waals surface area contributed by atoms with E-state index in [1.807, 2.05) is 6.08 Å². The van der Waals surface area contributed by atoms with Gasteiger partial charge in [-0.05, 0) is 12.0 Å². The van der Waals surface area contributed by atoms with Gasteiger partial charge in [0.25, 0.3) is 0 Å². The van der Waals surface area contributed by atoms with Crippen molar-refractivity contribution in [2.24, 2.45) is 4.99 Å². The van der Waals surface area contributed by atoms with Gasteiger partial charge in [-0.3, -0.25) is 9.79 Å². The van der Waals surface area contributed by atoms with Crippen molar-refractivity contribution in [2.45, 2.75) is 26.0 Å². The maximum atomic E-state index is 12.0. The van der Waals surface area contributed by atoms with Crippen molar-refractivity contribution >= 4 is 24.2 Å². The first-order valence-electron chi connectivity index (χ1n) is 6.59. The lowest BCUT2D eigenvalue weighted by Crippen LogP contribution is -2.23. The molecular formula is C15H16BNO. The number of aryl methyl sites for hydroxylation is 1. The first-order chi connectivity index (χ1) is 8.74. The predicted molar refractivity (Wildman–Crippen MR) is 76.4 cm³/mol. The Morgan fingerprint density at radius 2 is 2.33 bits per heavy atom. The van der Waals surface area contributed by atoms with Gasteiger partial charge in [0.05, 0.1) is 6.54 Å². The van der Waals surface area contributed by atoms with Crippen LogP contribution in [0.25, 0.3) is 0 Å². The second-order valence-corrected chi connectivity index (χ2v) is 5.23. The third-order valence-electron chi connectivity index (χ3n) is 3.92. The van der Waals surface area contributed by atoms with Gasteiger partial charge < -0.3 is 0 Å². The van der Waals surface area contributed by atoms with Crippen LogP contribution in [0.5, 0.6) is 0 Å². The molecular weight excluding hydrogens is 221 g/mol. The zero-order chi connectivity index (χ0) is 12.5. The number of carbonyl (C=O) groups is 1. The molecule has 0 fully saturated rings. The van der Waals surface area contributed by atoms with Crippen LogP contribution in [0.4, 0.5) is 0 Å². The van der Waals surface area contributed by atoms with Gasteiger partial charge in [-0.1, -0.05) is 48.4 Å². The molecule has 2 aliphatic heterocycles. The van der Waals surface area contributed by atoms with E-state index in [2.05, 4.69) is 30.0 Å². The Bertz CT molecular complexity index is 560. The van der Waals surface area contributed by atoms with Crippen LogP contribution < -0.4 is 5.46 Å². The largest absolute Gasteiger partial charge is 0.294 e. The van der Waals surface area contributed by atoms with Gasteiger partial charge in [0.15, 0.2) is 12.5 Å². The monoisotopic (exact) mass is 237 g/mol. The van der Waals surface area contributed by atoms with E-state index >= 15 is 0 Å². The molecule has 1 aromatic carbocycles. The molecule has 3 rings (SSSR count). The average Bonchev–Trinajstić information content (AvgIpc) is 3.00. The Morgan fingerprint density at radius 1 is 1.44 bits per heavy atom. The number of aliphatic imine (C=N–C) groups is 1. The van der Waals surface area contributed by atoms with Crippen LogP contribution in [0, 0.1) is 0 Å². The molecule has 3 heteroatoms. The summed E-state index contributed by atoms with van der Waals surface area (Å²) < 4.78 is 0. The summed E-state index contributed by atoms with van der Waals surface area (Å²) in [7, 11) is 0. The zero-order valence-corrected chi connectivity index (χ0v) is 10.6. The highest BCUT2D eigenvalue weighted by Gasteiger charge is 2.22. The number of benzene rings is 1. The summed E-state index contributed by atoms with van der Waals surface area (Å²) in [6.45, 7) is 3.56. The second-order valence-electron chi connectivity index (χ2n) is 5.23. The highest BCUT2D eigenvalue weighted by atomic mass is 16.1. The number of carbonyl (C=O) groups excluding carboxylic acids is 1. The summed E-state index contributed by atoms with van der Waals surface area (Å²) in [5.41, 5.74) is 4.80. The van der Waals surface area contributed by atoms with Gasteiger partial charge in [0, 0.05) is 18.2 Å². The van der Waals surface area contributed by atoms with E-state index in [0.29, 0.717) is 19.7 Å². The molecule has 90 valence electrons. The van der Waals surface area contributed by atoms with Crippen molar-refractivity contribution in [3.05, 3.63) is 41.0 Å². The SMILES string of the molecule is CB1CCc2ccc(CC(=O)C3=CCN=C3)cc21. The Labute approximate surface area is 108 Å². The number of rotatable bonds is 3. The Kier molecular flexibility index (Phi) is 2.90. The lowest BCUT2D eigenvalue weighted by molar-refractivity contribution is -0.114. The molecule has 0 spiro atoms. The van der Waals surface area contributed by atoms with E-state index in [1.54, 1.807) is 6.21 Å². The summed E-state index contributed by atoms with van der Waals surface area (Å²) in [4.78, 5) is 16.1. The fourth-order valence-corrected chi connectivity index (χ4v) is 2.80. The molecule has 0 radical (unpaired) electrons. The molecule has 0 unspecified atom stereocenters. The lowest BCUT2D eigenvalue weighted by atomic mass is 9.48. The molecule has 0 aliphatic carbocycles. The lowest BCUT2D eigenvalue weighted by Gasteiger charge is -2.06. The van der Waals surface area contributed by atoms with Gasteiger partial charge in [-0.25, -0.2) is 0 Å². The second kappa shape index (κ2) is 4.56. The first kappa shape index (κ1) is 11.5. The van der Waals surface area contributed by atoms with Crippen molar-refractivity contribution in [3.8, 4) is 0 Å². The molecule has 0 N–H and O–H groups in total. The van der Waals surface area contributed by atoms with Crippen molar-refractivity contribution in [1.82, 2.24) is 0 Å². The van der Waals surface area contributed by atoms with Gasteiger partial charge in [0.2, 0.25) is 0 Å². The van der Waals surface area contributed by atoms with Crippen LogP contribution in [0.15, 0.2) is 34.8 Å². The van der Waals surface area contributed by atoms with E-state index in [-0.39, 0.29) is 5.78 Å². The predicted octanol–water partition coefficient (Wildman–Crippen LogP) is 1.70. The van der Waals surface area contributed by atoms with E-state index < -0.39 is 0 Å².